The summed E-state index contributed by atoms with van der Waals surface area (Å²) >= 11 is 3.39. The molecule has 6 heterocycles. The number of rotatable bonds is 7. The number of nitrogens with two attached hydrogens (primary N) is 1. The fraction of sp³-hybridized carbons (Fsp3) is 0.417. The lowest BCUT2D eigenvalue weighted by atomic mass is 9.99. The summed E-state index contributed by atoms with van der Waals surface area (Å²) in [5, 5.41) is 0. The first-order chi connectivity index (χ1) is 26.2. The predicted octanol–water partition coefficient (Wildman–Crippen LogP) is 6.27. The van der Waals surface area contributed by atoms with E-state index < -0.39 is 49.3 Å². The van der Waals surface area contributed by atoms with Crippen LogP contribution in [-0.2, 0) is 33.8 Å². The van der Waals surface area contributed by atoms with Gasteiger partial charge in [-0.15, -0.1) is 0 Å². The molecule has 2 aromatic heterocycles. The second-order valence-corrected chi connectivity index (χ2v) is 14.4. The van der Waals surface area contributed by atoms with Crippen LogP contribution >= 0.6 is 15.9 Å². The molecule has 0 saturated carbocycles. The average Bonchev–Trinajstić information content (AvgIpc) is 3.82. The molecule has 0 spiro atoms. The van der Waals surface area contributed by atoms with Crippen LogP contribution in [0.3, 0.4) is 0 Å². The number of anilines is 2. The SMILES string of the molecule is C[C@H](Cc1ccc2c(c1)OCCn1cc(N3C(=O)O[C@H](C)[C@H]3C(F)F)nc1-2)C(N)=O.C[C@H]1OC(=O)N(c2cn3c(n2)-c2ccc(Br)cc2OCC3)[C@@H]1C(F)F. The molecule has 4 aliphatic rings. The van der Waals surface area contributed by atoms with E-state index in [1.807, 2.05) is 36.4 Å². The third kappa shape index (κ3) is 7.28. The number of primary amides is 1. The molecule has 4 aliphatic heterocycles. The zero-order valence-corrected chi connectivity index (χ0v) is 31.3. The third-order valence-electron chi connectivity index (χ3n) is 9.74. The summed E-state index contributed by atoms with van der Waals surface area (Å²) in [6, 6.07) is 8.24. The van der Waals surface area contributed by atoms with Gasteiger partial charge in [0.25, 0.3) is 12.9 Å². The Hall–Kier alpha value is -5.33. The highest BCUT2D eigenvalue weighted by Crippen LogP contribution is 2.39. The molecule has 292 valence electrons. The summed E-state index contributed by atoms with van der Waals surface area (Å²) in [5.41, 5.74) is 7.64. The van der Waals surface area contributed by atoms with E-state index in [1.54, 1.807) is 28.5 Å². The zero-order valence-electron chi connectivity index (χ0n) is 29.7. The largest absolute Gasteiger partial charge is 0.491 e. The topological polar surface area (TPSA) is 156 Å². The molecule has 0 aliphatic carbocycles. The number of hydrogen-bond donors (Lipinski definition) is 1. The Morgan fingerprint density at radius 1 is 0.818 bits per heavy atom. The number of ether oxygens (including phenoxy) is 4. The number of benzene rings is 2. The second kappa shape index (κ2) is 15.1. The van der Waals surface area contributed by atoms with E-state index in [4.69, 9.17) is 24.7 Å². The molecule has 5 atom stereocenters. The molecule has 4 aromatic rings. The molecule has 2 N–H and O–H groups in total. The maximum Gasteiger partial charge on any atom is 0.416 e. The standard InChI is InChI=1S/C20H22F2N4O4.C16H14BrF2N3O3/c1-10(18(23)27)7-12-3-4-13-14(8-12)29-6-5-25-9-15(24-19(13)25)26-16(17(21)22)11(2)30-20(26)28;1-8-13(14(18)19)22(16(23)25-8)12-7-21-4-5-24-11-6-9(17)2-3-10(11)15(21)20-12/h3-4,8-11,16-17H,5-7H2,1-2H3,(H2,23,27);2-3,6-8,13-14H,4-5H2,1H3/t10-,11-,16+;8-,13+/m11/s1. The maximum absolute atomic E-state index is 13.5. The summed E-state index contributed by atoms with van der Waals surface area (Å²) < 4.78 is 79.8. The van der Waals surface area contributed by atoms with Gasteiger partial charge >= 0.3 is 12.2 Å². The van der Waals surface area contributed by atoms with Crippen LogP contribution in [0.4, 0.5) is 38.8 Å². The number of alkyl halides is 4. The molecule has 3 amide bonds. The fourth-order valence-electron chi connectivity index (χ4n) is 6.93. The van der Waals surface area contributed by atoms with Gasteiger partial charge < -0.3 is 33.8 Å². The van der Waals surface area contributed by atoms with Gasteiger partial charge in [-0.3, -0.25) is 4.79 Å². The van der Waals surface area contributed by atoms with Crippen molar-refractivity contribution < 1.29 is 50.9 Å². The molecule has 0 bridgehead atoms. The van der Waals surface area contributed by atoms with E-state index >= 15 is 0 Å². The molecule has 2 fully saturated rings. The molecule has 14 nitrogen and oxygen atoms in total. The highest BCUT2D eigenvalue weighted by molar-refractivity contribution is 9.10. The van der Waals surface area contributed by atoms with Crippen LogP contribution in [0.1, 0.15) is 26.3 Å². The van der Waals surface area contributed by atoms with Crippen molar-refractivity contribution in [3.05, 3.63) is 58.8 Å². The van der Waals surface area contributed by atoms with Crippen LogP contribution in [0, 0.1) is 5.92 Å². The van der Waals surface area contributed by atoms with Gasteiger partial charge in [0.15, 0.2) is 11.6 Å². The quantitative estimate of drug-likeness (QED) is 0.212. The number of amides is 3. The van der Waals surface area contributed by atoms with Crippen LogP contribution < -0.4 is 25.0 Å². The number of halogens is 5. The normalized spacial score (nSPS) is 21.9. The van der Waals surface area contributed by atoms with Crippen LogP contribution in [-0.4, -0.2) is 87.6 Å². The number of cyclic esters (lactones) is 2. The van der Waals surface area contributed by atoms with Crippen LogP contribution in [0.25, 0.3) is 22.8 Å². The summed E-state index contributed by atoms with van der Waals surface area (Å²) in [4.78, 5) is 46.4. The molecule has 19 heteroatoms. The molecular weight excluding hydrogens is 798 g/mol. The lowest BCUT2D eigenvalue weighted by Gasteiger charge is -2.20. The van der Waals surface area contributed by atoms with E-state index in [9.17, 15) is 31.9 Å². The van der Waals surface area contributed by atoms with Crippen molar-refractivity contribution in [3.63, 3.8) is 0 Å². The van der Waals surface area contributed by atoms with Crippen LogP contribution in [0.2, 0.25) is 0 Å². The smallest absolute Gasteiger partial charge is 0.416 e. The van der Waals surface area contributed by atoms with Crippen molar-refractivity contribution in [1.29, 1.82) is 0 Å². The van der Waals surface area contributed by atoms with Crippen molar-refractivity contribution in [3.8, 4) is 34.3 Å². The average molecular weight is 835 g/mol. The number of nitrogens with zero attached hydrogens (tertiary/aromatic N) is 6. The number of carbonyl (C=O) groups is 3. The van der Waals surface area contributed by atoms with E-state index in [-0.39, 0.29) is 23.5 Å². The van der Waals surface area contributed by atoms with E-state index in [0.717, 1.165) is 25.4 Å². The van der Waals surface area contributed by atoms with Gasteiger partial charge in [0.05, 0.1) is 24.2 Å². The molecule has 55 heavy (non-hydrogen) atoms. The molecular formula is C36H36BrF4N7O7. The lowest BCUT2D eigenvalue weighted by molar-refractivity contribution is -0.121. The number of imidazole rings is 2. The molecule has 2 aromatic carbocycles. The maximum atomic E-state index is 13.5. The Labute approximate surface area is 320 Å². The minimum atomic E-state index is -2.77. The number of carbonyl (C=O) groups excluding carboxylic acids is 3. The van der Waals surface area contributed by atoms with Crippen molar-refractivity contribution in [2.45, 2.75) is 77.4 Å². The summed E-state index contributed by atoms with van der Waals surface area (Å²) in [7, 11) is 0. The third-order valence-corrected chi connectivity index (χ3v) is 10.2. The highest BCUT2D eigenvalue weighted by Gasteiger charge is 2.48. The first-order valence-electron chi connectivity index (χ1n) is 17.4. The number of aromatic nitrogens is 4. The van der Waals surface area contributed by atoms with Crippen LogP contribution in [0.15, 0.2) is 53.3 Å². The zero-order chi connectivity index (χ0) is 39.3. The minimum absolute atomic E-state index is 0.115. The van der Waals surface area contributed by atoms with Crippen molar-refractivity contribution >= 4 is 45.7 Å². The van der Waals surface area contributed by atoms with Gasteiger partial charge in [-0.1, -0.05) is 28.9 Å². The summed E-state index contributed by atoms with van der Waals surface area (Å²) in [5.74, 6) is 1.86. The Kier molecular flexibility index (Phi) is 10.4. The van der Waals surface area contributed by atoms with Crippen molar-refractivity contribution in [1.82, 2.24) is 19.1 Å². The summed E-state index contributed by atoms with van der Waals surface area (Å²) in [6.07, 6.45) is -5.36. The van der Waals surface area contributed by atoms with E-state index in [1.165, 1.54) is 13.8 Å². The van der Waals surface area contributed by atoms with Gasteiger partial charge in [0, 0.05) is 22.8 Å². The minimum Gasteiger partial charge on any atom is -0.491 e. The first-order valence-corrected chi connectivity index (χ1v) is 18.2. The fourth-order valence-corrected chi connectivity index (χ4v) is 7.27. The number of fused-ring (bicyclic) bond motifs is 6. The summed E-state index contributed by atoms with van der Waals surface area (Å²) in [6.45, 7) is 6.32. The highest BCUT2D eigenvalue weighted by atomic mass is 79.9. The van der Waals surface area contributed by atoms with Crippen molar-refractivity contribution in [2.24, 2.45) is 11.7 Å². The Balaban J connectivity index is 0.000000172. The number of hydrogen-bond acceptors (Lipinski definition) is 9. The van der Waals surface area contributed by atoms with Crippen molar-refractivity contribution in [2.75, 3.05) is 23.0 Å². The monoisotopic (exact) mass is 833 g/mol. The Bertz CT molecular complexity index is 2130. The van der Waals surface area contributed by atoms with Gasteiger partial charge in [-0.2, -0.15) is 0 Å². The Morgan fingerprint density at radius 3 is 1.76 bits per heavy atom. The van der Waals surface area contributed by atoms with Crippen LogP contribution in [0.5, 0.6) is 11.5 Å². The second-order valence-electron chi connectivity index (χ2n) is 13.5. The lowest BCUT2D eigenvalue weighted by Crippen LogP contribution is -2.41. The van der Waals surface area contributed by atoms with Gasteiger partial charge in [0.1, 0.15) is 60.7 Å². The molecule has 0 unspecified atom stereocenters. The van der Waals surface area contributed by atoms with E-state index in [2.05, 4.69) is 25.9 Å². The molecule has 0 radical (unpaired) electrons. The van der Waals surface area contributed by atoms with Gasteiger partial charge in [-0.05, 0) is 56.2 Å². The van der Waals surface area contributed by atoms with E-state index in [0.29, 0.717) is 61.4 Å². The molecule has 8 rings (SSSR count). The predicted molar refractivity (Wildman–Crippen MR) is 193 cm³/mol. The van der Waals surface area contributed by atoms with Gasteiger partial charge in [0.2, 0.25) is 5.91 Å². The van der Waals surface area contributed by atoms with Gasteiger partial charge in [-0.25, -0.2) is 46.9 Å². The Morgan fingerprint density at radius 2 is 1.29 bits per heavy atom. The first kappa shape index (κ1) is 38.0. The molecule has 2 saturated heterocycles.